The minimum absolute atomic E-state index is 0.146. The van der Waals surface area contributed by atoms with Crippen LogP contribution in [0.5, 0.6) is 0 Å². The number of hydrogen-bond donors (Lipinski definition) is 2. The average Bonchev–Trinajstić information content (AvgIpc) is 2.30. The zero-order valence-electron chi connectivity index (χ0n) is 9.78. The van der Waals surface area contributed by atoms with Crippen LogP contribution in [0.2, 0.25) is 0 Å². The van der Waals surface area contributed by atoms with Gasteiger partial charge in [0, 0.05) is 0 Å². The smallest absolute Gasteiger partial charge is 0.269 e. The van der Waals surface area contributed by atoms with Crippen molar-refractivity contribution in [1.82, 2.24) is 10.9 Å². The highest BCUT2D eigenvalue weighted by molar-refractivity contribution is 6.19. The molecule has 0 saturated carbocycles. The standard InChI is InChI=1S/C13H14N2O2/c1-8-11(9(2)16)13(17)15-14-12(8)10-6-4-3-5-7-10/h3-7,12,14H,1-2H3,(H,15,17)/t12-/m0/s1. The third kappa shape index (κ3) is 2.12. The van der Waals surface area contributed by atoms with Crippen molar-refractivity contribution in [3.8, 4) is 0 Å². The Hall–Kier alpha value is -1.94. The second-order valence-electron chi connectivity index (χ2n) is 4.06. The summed E-state index contributed by atoms with van der Waals surface area (Å²) in [5, 5.41) is 0. The third-order valence-corrected chi connectivity index (χ3v) is 2.87. The van der Waals surface area contributed by atoms with Gasteiger partial charge in [0.05, 0.1) is 11.6 Å². The van der Waals surface area contributed by atoms with Gasteiger partial charge in [0.25, 0.3) is 5.91 Å². The predicted octanol–water partition coefficient (Wildman–Crippen LogP) is 1.27. The zero-order valence-corrected chi connectivity index (χ0v) is 9.78. The Bertz CT molecular complexity index is 491. The summed E-state index contributed by atoms with van der Waals surface area (Å²) < 4.78 is 0. The molecule has 1 aliphatic rings. The van der Waals surface area contributed by atoms with Gasteiger partial charge in [0.2, 0.25) is 0 Å². The van der Waals surface area contributed by atoms with Gasteiger partial charge >= 0.3 is 0 Å². The maximum atomic E-state index is 11.6. The van der Waals surface area contributed by atoms with Gasteiger partial charge < -0.3 is 0 Å². The van der Waals surface area contributed by atoms with Crippen LogP contribution in [0.15, 0.2) is 41.5 Å². The van der Waals surface area contributed by atoms with E-state index in [1.54, 1.807) is 6.92 Å². The van der Waals surface area contributed by atoms with E-state index < -0.39 is 0 Å². The van der Waals surface area contributed by atoms with E-state index in [-0.39, 0.29) is 23.3 Å². The summed E-state index contributed by atoms with van der Waals surface area (Å²) in [6.07, 6.45) is 0. The Kier molecular flexibility index (Phi) is 3.06. The second-order valence-corrected chi connectivity index (χ2v) is 4.06. The van der Waals surface area contributed by atoms with Crippen molar-refractivity contribution in [3.63, 3.8) is 0 Å². The fourth-order valence-corrected chi connectivity index (χ4v) is 2.05. The number of amides is 1. The molecule has 1 aromatic carbocycles. The number of carbonyl (C=O) groups excluding carboxylic acids is 2. The number of rotatable bonds is 2. The molecule has 1 aromatic rings. The number of benzene rings is 1. The maximum Gasteiger partial charge on any atom is 0.269 e. The highest BCUT2D eigenvalue weighted by atomic mass is 16.2. The summed E-state index contributed by atoms with van der Waals surface area (Å²) in [7, 11) is 0. The van der Waals surface area contributed by atoms with Gasteiger partial charge in [-0.15, -0.1) is 0 Å². The number of hydrazine groups is 1. The fraction of sp³-hybridized carbons (Fsp3) is 0.231. The quantitative estimate of drug-likeness (QED) is 0.752. The Morgan fingerprint density at radius 3 is 2.47 bits per heavy atom. The van der Waals surface area contributed by atoms with Crippen molar-refractivity contribution in [2.75, 3.05) is 0 Å². The Morgan fingerprint density at radius 2 is 1.88 bits per heavy atom. The lowest BCUT2D eigenvalue weighted by molar-refractivity contribution is -0.123. The SMILES string of the molecule is CC(=O)C1=C(C)[C@@H](c2ccccc2)NNC1=O. The number of Topliss-reactive ketones (excluding diaryl/α,β-unsaturated/α-hetero) is 1. The van der Waals surface area contributed by atoms with Crippen LogP contribution in [0.1, 0.15) is 25.5 Å². The van der Waals surface area contributed by atoms with Crippen LogP contribution < -0.4 is 10.9 Å². The molecule has 0 radical (unpaired) electrons. The third-order valence-electron chi connectivity index (χ3n) is 2.87. The molecule has 1 heterocycles. The summed E-state index contributed by atoms with van der Waals surface area (Å²) >= 11 is 0. The molecule has 17 heavy (non-hydrogen) atoms. The molecule has 1 aliphatic heterocycles. The molecule has 4 nitrogen and oxygen atoms in total. The Balaban J connectivity index is 2.45. The number of carbonyl (C=O) groups is 2. The van der Waals surface area contributed by atoms with Crippen LogP contribution in [-0.2, 0) is 9.59 Å². The minimum Gasteiger partial charge on any atom is -0.294 e. The number of nitrogens with one attached hydrogen (secondary N) is 2. The summed E-state index contributed by atoms with van der Waals surface area (Å²) in [6, 6.07) is 9.54. The van der Waals surface area contributed by atoms with Crippen LogP contribution in [0, 0.1) is 0 Å². The number of ketones is 1. The minimum atomic E-state index is -0.359. The van der Waals surface area contributed by atoms with E-state index in [9.17, 15) is 9.59 Å². The predicted molar refractivity (Wildman–Crippen MR) is 63.8 cm³/mol. The first-order valence-corrected chi connectivity index (χ1v) is 5.43. The first kappa shape index (κ1) is 11.5. The van der Waals surface area contributed by atoms with E-state index in [0.717, 1.165) is 11.1 Å². The van der Waals surface area contributed by atoms with Gasteiger partial charge in [-0.25, -0.2) is 5.43 Å². The lowest BCUT2D eigenvalue weighted by Gasteiger charge is -2.27. The van der Waals surface area contributed by atoms with E-state index >= 15 is 0 Å². The Labute approximate surface area is 99.7 Å². The lowest BCUT2D eigenvalue weighted by atomic mass is 9.93. The largest absolute Gasteiger partial charge is 0.294 e. The van der Waals surface area contributed by atoms with E-state index in [4.69, 9.17) is 0 Å². The van der Waals surface area contributed by atoms with Gasteiger partial charge in [-0.1, -0.05) is 30.3 Å². The van der Waals surface area contributed by atoms with E-state index in [1.807, 2.05) is 30.3 Å². The number of hydrogen-bond acceptors (Lipinski definition) is 3. The van der Waals surface area contributed by atoms with Crippen molar-refractivity contribution >= 4 is 11.7 Å². The topological polar surface area (TPSA) is 58.2 Å². The molecule has 0 aliphatic carbocycles. The van der Waals surface area contributed by atoms with Crippen molar-refractivity contribution in [1.29, 1.82) is 0 Å². The molecule has 88 valence electrons. The van der Waals surface area contributed by atoms with Crippen LogP contribution in [0.25, 0.3) is 0 Å². The van der Waals surface area contributed by atoms with Gasteiger partial charge in [0.15, 0.2) is 5.78 Å². The second kappa shape index (κ2) is 4.51. The van der Waals surface area contributed by atoms with E-state index in [1.165, 1.54) is 6.92 Å². The molecular formula is C13H14N2O2. The average molecular weight is 230 g/mol. The molecule has 0 saturated heterocycles. The highest BCUT2D eigenvalue weighted by Crippen LogP contribution is 2.26. The molecule has 0 fully saturated rings. The maximum absolute atomic E-state index is 11.6. The first-order valence-electron chi connectivity index (χ1n) is 5.43. The highest BCUT2D eigenvalue weighted by Gasteiger charge is 2.28. The summed E-state index contributed by atoms with van der Waals surface area (Å²) in [5.74, 6) is -0.565. The molecule has 1 atom stereocenters. The molecule has 1 amide bonds. The van der Waals surface area contributed by atoms with E-state index in [0.29, 0.717) is 0 Å². The molecule has 2 rings (SSSR count). The summed E-state index contributed by atoms with van der Waals surface area (Å²) in [5.41, 5.74) is 7.46. The van der Waals surface area contributed by atoms with Gasteiger partial charge in [-0.3, -0.25) is 15.0 Å². The monoisotopic (exact) mass is 230 g/mol. The lowest BCUT2D eigenvalue weighted by Crippen LogP contribution is -2.47. The summed E-state index contributed by atoms with van der Waals surface area (Å²) in [4.78, 5) is 23.0. The van der Waals surface area contributed by atoms with Crippen molar-refractivity contribution < 1.29 is 9.59 Å². The van der Waals surface area contributed by atoms with Crippen molar-refractivity contribution in [2.45, 2.75) is 19.9 Å². The van der Waals surface area contributed by atoms with Crippen LogP contribution in [0.4, 0.5) is 0 Å². The fourth-order valence-electron chi connectivity index (χ4n) is 2.05. The molecule has 4 heteroatoms. The molecule has 2 N–H and O–H groups in total. The first-order chi connectivity index (χ1) is 8.11. The van der Waals surface area contributed by atoms with Crippen LogP contribution in [0.3, 0.4) is 0 Å². The molecule has 0 spiro atoms. The van der Waals surface area contributed by atoms with Gasteiger partial charge in [0.1, 0.15) is 0 Å². The van der Waals surface area contributed by atoms with Gasteiger partial charge in [-0.2, -0.15) is 0 Å². The van der Waals surface area contributed by atoms with Gasteiger partial charge in [-0.05, 0) is 25.0 Å². The van der Waals surface area contributed by atoms with E-state index in [2.05, 4.69) is 10.9 Å². The van der Waals surface area contributed by atoms with Crippen molar-refractivity contribution in [3.05, 3.63) is 47.0 Å². The van der Waals surface area contributed by atoms with Crippen molar-refractivity contribution in [2.24, 2.45) is 0 Å². The normalized spacial score (nSPS) is 20.1. The molecule has 0 bridgehead atoms. The zero-order chi connectivity index (χ0) is 12.4. The summed E-state index contributed by atoms with van der Waals surface area (Å²) in [6.45, 7) is 3.21. The Morgan fingerprint density at radius 1 is 1.24 bits per heavy atom. The van der Waals surface area contributed by atoms with Crippen LogP contribution >= 0.6 is 0 Å². The van der Waals surface area contributed by atoms with Crippen LogP contribution in [-0.4, -0.2) is 11.7 Å². The molecule has 0 aromatic heterocycles. The molecule has 0 unspecified atom stereocenters. The molecular weight excluding hydrogens is 216 g/mol.